The molecular formula is C11H20O3S. The van der Waals surface area contributed by atoms with Crippen LogP contribution in [0.1, 0.15) is 39.0 Å². The van der Waals surface area contributed by atoms with Crippen LogP contribution in [0.5, 0.6) is 0 Å². The molecule has 0 saturated carbocycles. The minimum atomic E-state index is -2.88. The first-order valence-corrected chi connectivity index (χ1v) is 7.40. The summed E-state index contributed by atoms with van der Waals surface area (Å²) in [5, 5.41) is 10.1. The Morgan fingerprint density at radius 1 is 1.47 bits per heavy atom. The van der Waals surface area contributed by atoms with Crippen molar-refractivity contribution in [3.05, 3.63) is 12.2 Å². The minimum Gasteiger partial charge on any atom is -0.386 e. The average Bonchev–Trinajstić information content (AvgIpc) is 2.18. The molecule has 15 heavy (non-hydrogen) atoms. The van der Waals surface area contributed by atoms with Crippen molar-refractivity contribution in [1.29, 1.82) is 0 Å². The fourth-order valence-electron chi connectivity index (χ4n) is 1.86. The summed E-state index contributed by atoms with van der Waals surface area (Å²) < 4.78 is 22.5. The van der Waals surface area contributed by atoms with E-state index < -0.39 is 15.4 Å². The standard InChI is InChI=1S/C11H20O3S/c1-2-15(13,14)10-6-9-11(12)7-4-3-5-8-11/h4,7,12H,2-3,5-6,8-10H2,1H3. The first kappa shape index (κ1) is 12.7. The number of aliphatic hydroxyl groups is 1. The van der Waals surface area contributed by atoms with Gasteiger partial charge in [0.2, 0.25) is 0 Å². The number of hydrogen-bond acceptors (Lipinski definition) is 3. The van der Waals surface area contributed by atoms with E-state index in [1.165, 1.54) is 0 Å². The molecule has 0 amide bonds. The van der Waals surface area contributed by atoms with Crippen LogP contribution in [0.15, 0.2) is 12.2 Å². The summed E-state index contributed by atoms with van der Waals surface area (Å²) in [6.07, 6.45) is 7.70. The zero-order valence-corrected chi connectivity index (χ0v) is 10.1. The van der Waals surface area contributed by atoms with Gasteiger partial charge >= 0.3 is 0 Å². The van der Waals surface area contributed by atoms with Crippen molar-refractivity contribution in [3.63, 3.8) is 0 Å². The van der Waals surface area contributed by atoms with Gasteiger partial charge in [0.15, 0.2) is 0 Å². The van der Waals surface area contributed by atoms with E-state index in [9.17, 15) is 13.5 Å². The molecule has 0 aromatic heterocycles. The molecule has 1 unspecified atom stereocenters. The second-order valence-electron chi connectivity index (χ2n) is 4.24. The van der Waals surface area contributed by atoms with E-state index in [0.717, 1.165) is 19.3 Å². The molecule has 0 saturated heterocycles. The Kier molecular flexibility index (Phi) is 4.34. The quantitative estimate of drug-likeness (QED) is 0.734. The lowest BCUT2D eigenvalue weighted by Gasteiger charge is -2.27. The van der Waals surface area contributed by atoms with Crippen molar-refractivity contribution in [2.24, 2.45) is 0 Å². The van der Waals surface area contributed by atoms with Gasteiger partial charge in [-0.15, -0.1) is 0 Å². The van der Waals surface area contributed by atoms with Gasteiger partial charge in [0.1, 0.15) is 9.84 Å². The molecule has 0 aromatic carbocycles. The predicted molar refractivity (Wildman–Crippen MR) is 61.5 cm³/mol. The lowest BCUT2D eigenvalue weighted by molar-refractivity contribution is 0.0651. The molecule has 1 aliphatic carbocycles. The van der Waals surface area contributed by atoms with E-state index in [2.05, 4.69) is 0 Å². The third-order valence-corrected chi connectivity index (χ3v) is 4.70. The van der Waals surface area contributed by atoms with Crippen LogP contribution in [0, 0.1) is 0 Å². The zero-order chi connectivity index (χ0) is 11.4. The number of allylic oxidation sites excluding steroid dienone is 1. The molecule has 1 N–H and O–H groups in total. The highest BCUT2D eigenvalue weighted by Crippen LogP contribution is 2.26. The Morgan fingerprint density at radius 2 is 2.20 bits per heavy atom. The molecule has 0 aromatic rings. The van der Waals surface area contributed by atoms with Crippen LogP contribution >= 0.6 is 0 Å². The van der Waals surface area contributed by atoms with Crippen LogP contribution in [0.3, 0.4) is 0 Å². The number of rotatable bonds is 5. The van der Waals surface area contributed by atoms with E-state index in [0.29, 0.717) is 12.8 Å². The molecule has 88 valence electrons. The summed E-state index contributed by atoms with van der Waals surface area (Å²) in [5.41, 5.74) is -0.749. The SMILES string of the molecule is CCS(=O)(=O)CCCC1(O)C=CCCC1. The summed E-state index contributed by atoms with van der Waals surface area (Å²) in [4.78, 5) is 0. The highest BCUT2D eigenvalue weighted by molar-refractivity contribution is 7.91. The monoisotopic (exact) mass is 232 g/mol. The summed E-state index contributed by atoms with van der Waals surface area (Å²) in [6.45, 7) is 1.66. The van der Waals surface area contributed by atoms with Crippen molar-refractivity contribution in [3.8, 4) is 0 Å². The molecule has 0 aliphatic heterocycles. The van der Waals surface area contributed by atoms with Crippen LogP contribution < -0.4 is 0 Å². The normalized spacial score (nSPS) is 26.8. The summed E-state index contributed by atoms with van der Waals surface area (Å²) in [6, 6.07) is 0. The van der Waals surface area contributed by atoms with Gasteiger partial charge in [0.25, 0.3) is 0 Å². The fraction of sp³-hybridized carbons (Fsp3) is 0.818. The van der Waals surface area contributed by atoms with Gasteiger partial charge in [0.05, 0.1) is 11.4 Å². The van der Waals surface area contributed by atoms with Gasteiger partial charge < -0.3 is 5.11 Å². The van der Waals surface area contributed by atoms with Gasteiger partial charge in [-0.25, -0.2) is 8.42 Å². The third kappa shape index (κ3) is 4.34. The average molecular weight is 232 g/mol. The van der Waals surface area contributed by atoms with Gasteiger partial charge in [-0.1, -0.05) is 19.1 Å². The summed E-state index contributed by atoms with van der Waals surface area (Å²) in [5.74, 6) is 0.390. The smallest absolute Gasteiger partial charge is 0.150 e. The maximum absolute atomic E-state index is 11.2. The molecule has 4 heteroatoms. The lowest BCUT2D eigenvalue weighted by Crippen LogP contribution is -2.28. The van der Waals surface area contributed by atoms with E-state index >= 15 is 0 Å². The summed E-state index contributed by atoms with van der Waals surface area (Å²) in [7, 11) is -2.88. The van der Waals surface area contributed by atoms with E-state index in [-0.39, 0.29) is 11.5 Å². The second-order valence-corrected chi connectivity index (χ2v) is 6.71. The van der Waals surface area contributed by atoms with Crippen LogP contribution in [-0.4, -0.2) is 30.6 Å². The Morgan fingerprint density at radius 3 is 2.73 bits per heavy atom. The molecule has 3 nitrogen and oxygen atoms in total. The molecule has 0 bridgehead atoms. The first-order valence-electron chi connectivity index (χ1n) is 5.58. The molecule has 1 rings (SSSR count). The Labute approximate surface area is 92.1 Å². The molecule has 0 spiro atoms. The maximum atomic E-state index is 11.2. The highest BCUT2D eigenvalue weighted by atomic mass is 32.2. The van der Waals surface area contributed by atoms with E-state index in [1.807, 2.05) is 12.2 Å². The molecule has 0 fully saturated rings. The second kappa shape index (κ2) is 5.12. The summed E-state index contributed by atoms with van der Waals surface area (Å²) >= 11 is 0. The van der Waals surface area contributed by atoms with Crippen molar-refractivity contribution < 1.29 is 13.5 Å². The molecule has 1 aliphatic rings. The maximum Gasteiger partial charge on any atom is 0.150 e. The van der Waals surface area contributed by atoms with Crippen molar-refractivity contribution >= 4 is 9.84 Å². The number of hydrogen-bond donors (Lipinski definition) is 1. The largest absolute Gasteiger partial charge is 0.386 e. The van der Waals surface area contributed by atoms with Gasteiger partial charge in [-0.2, -0.15) is 0 Å². The third-order valence-electron chi connectivity index (χ3n) is 2.91. The van der Waals surface area contributed by atoms with E-state index in [4.69, 9.17) is 0 Å². The van der Waals surface area contributed by atoms with E-state index in [1.54, 1.807) is 6.92 Å². The highest BCUT2D eigenvalue weighted by Gasteiger charge is 2.25. The fourth-order valence-corrected chi connectivity index (χ4v) is 2.74. The van der Waals surface area contributed by atoms with Gasteiger partial charge in [-0.3, -0.25) is 0 Å². The zero-order valence-electron chi connectivity index (χ0n) is 9.28. The van der Waals surface area contributed by atoms with Crippen LogP contribution in [0.25, 0.3) is 0 Å². The minimum absolute atomic E-state index is 0.194. The topological polar surface area (TPSA) is 54.4 Å². The van der Waals surface area contributed by atoms with Crippen molar-refractivity contribution in [1.82, 2.24) is 0 Å². The molecular weight excluding hydrogens is 212 g/mol. The van der Waals surface area contributed by atoms with Gasteiger partial charge in [-0.05, 0) is 32.1 Å². The van der Waals surface area contributed by atoms with Crippen molar-refractivity contribution in [2.45, 2.75) is 44.6 Å². The predicted octanol–water partition coefficient (Wildman–Crippen LogP) is 1.67. The molecule has 1 atom stereocenters. The molecule has 0 radical (unpaired) electrons. The number of sulfone groups is 1. The molecule has 0 heterocycles. The lowest BCUT2D eigenvalue weighted by atomic mass is 9.87. The van der Waals surface area contributed by atoms with Crippen molar-refractivity contribution in [2.75, 3.05) is 11.5 Å². The first-order chi connectivity index (χ1) is 6.97. The van der Waals surface area contributed by atoms with Crippen LogP contribution in [0.2, 0.25) is 0 Å². The van der Waals surface area contributed by atoms with Gasteiger partial charge in [0, 0.05) is 5.75 Å². The van der Waals surface area contributed by atoms with Crippen LogP contribution in [-0.2, 0) is 9.84 Å². The van der Waals surface area contributed by atoms with Crippen LogP contribution in [0.4, 0.5) is 0 Å². The Hall–Kier alpha value is -0.350. The Balaban J connectivity index is 2.37. The Bertz CT molecular complexity index is 319.